The minimum absolute atomic E-state index is 0.0144. The molecule has 0 bridgehead atoms. The Morgan fingerprint density at radius 1 is 1.27 bits per heavy atom. The number of hydrogen-bond donors (Lipinski definition) is 1. The molecular weight excluding hydrogens is 472 g/mol. The highest BCUT2D eigenvalue weighted by atomic mass is 35.5. The molecule has 0 unspecified atom stereocenters. The third-order valence-electron chi connectivity index (χ3n) is 5.45. The van der Waals surface area contributed by atoms with Crippen molar-refractivity contribution in [3.8, 4) is 5.69 Å². The summed E-state index contributed by atoms with van der Waals surface area (Å²) in [6.45, 7) is 0.0130. The van der Waals surface area contributed by atoms with Gasteiger partial charge in [0, 0.05) is 18.9 Å². The Bertz CT molecular complexity index is 975. The van der Waals surface area contributed by atoms with E-state index in [9.17, 15) is 22.4 Å². The quantitative estimate of drug-likeness (QED) is 0.595. The predicted octanol–water partition coefficient (Wildman–Crippen LogP) is 3.48. The molecule has 1 saturated heterocycles. The van der Waals surface area contributed by atoms with Crippen molar-refractivity contribution in [2.24, 2.45) is 0 Å². The Labute approximate surface area is 191 Å². The van der Waals surface area contributed by atoms with Crippen LogP contribution in [0, 0.1) is 5.82 Å². The number of ether oxygens (including phenoxy) is 3. The summed E-state index contributed by atoms with van der Waals surface area (Å²) in [6, 6.07) is 4.08. The number of aromatic nitrogens is 3. The van der Waals surface area contributed by atoms with Crippen molar-refractivity contribution in [1.82, 2.24) is 20.3 Å². The van der Waals surface area contributed by atoms with Crippen LogP contribution in [0.4, 0.5) is 17.6 Å². The van der Waals surface area contributed by atoms with Gasteiger partial charge in [0.2, 0.25) is 5.91 Å². The van der Waals surface area contributed by atoms with Gasteiger partial charge in [0.15, 0.2) is 0 Å². The molecule has 1 saturated carbocycles. The number of carbonyl (C=O) groups excluding carboxylic acids is 1. The molecular formula is C20H21ClF4N4O4. The lowest BCUT2D eigenvalue weighted by Gasteiger charge is -2.35. The highest BCUT2D eigenvalue weighted by Crippen LogP contribution is 2.32. The van der Waals surface area contributed by atoms with Gasteiger partial charge in [-0.3, -0.25) is 9.53 Å². The maximum absolute atomic E-state index is 13.7. The molecule has 8 nitrogen and oxygen atoms in total. The van der Waals surface area contributed by atoms with Crippen LogP contribution < -0.4 is 5.32 Å². The molecule has 0 spiro atoms. The van der Waals surface area contributed by atoms with Crippen molar-refractivity contribution in [2.75, 3.05) is 13.2 Å². The molecule has 1 aliphatic heterocycles. The van der Waals surface area contributed by atoms with Gasteiger partial charge in [0.25, 0.3) is 0 Å². The van der Waals surface area contributed by atoms with Gasteiger partial charge in [0.05, 0.1) is 41.8 Å². The van der Waals surface area contributed by atoms with Gasteiger partial charge in [-0.05, 0) is 25.0 Å². The van der Waals surface area contributed by atoms with E-state index in [0.717, 1.165) is 0 Å². The van der Waals surface area contributed by atoms with Crippen LogP contribution in [0.5, 0.6) is 0 Å². The van der Waals surface area contributed by atoms with Gasteiger partial charge >= 0.3 is 6.36 Å². The Morgan fingerprint density at radius 2 is 2.06 bits per heavy atom. The topological polar surface area (TPSA) is 87.5 Å². The Hall–Kier alpha value is -2.28. The SMILES string of the molecule is O=C(CO[C@H]1C[C@@H](OC(F)(F)F)C1)N[C@H]1CC[C@H](c2cn(-c3ccc(Cl)c(F)c3)nn2)OC1. The van der Waals surface area contributed by atoms with Crippen LogP contribution in [0.2, 0.25) is 5.02 Å². The summed E-state index contributed by atoms with van der Waals surface area (Å²) in [7, 11) is 0. The summed E-state index contributed by atoms with van der Waals surface area (Å²) >= 11 is 5.70. The van der Waals surface area contributed by atoms with Gasteiger partial charge in [-0.1, -0.05) is 16.8 Å². The molecule has 1 aliphatic carbocycles. The lowest BCUT2D eigenvalue weighted by atomic mass is 9.92. The number of benzene rings is 1. The number of carbonyl (C=O) groups is 1. The monoisotopic (exact) mass is 492 g/mol. The van der Waals surface area contributed by atoms with E-state index in [1.54, 1.807) is 12.3 Å². The van der Waals surface area contributed by atoms with E-state index in [1.807, 2.05) is 0 Å². The summed E-state index contributed by atoms with van der Waals surface area (Å²) in [5.41, 5.74) is 1.05. The third kappa shape index (κ3) is 6.40. The minimum Gasteiger partial charge on any atom is -0.370 e. The number of nitrogens with one attached hydrogen (secondary N) is 1. The summed E-state index contributed by atoms with van der Waals surface area (Å²) < 4.78 is 66.4. The fraction of sp³-hybridized carbons (Fsp3) is 0.550. The molecule has 33 heavy (non-hydrogen) atoms. The first-order valence-electron chi connectivity index (χ1n) is 10.3. The summed E-state index contributed by atoms with van der Waals surface area (Å²) in [4.78, 5) is 12.1. The average Bonchev–Trinajstić information content (AvgIpc) is 3.21. The van der Waals surface area contributed by atoms with E-state index in [2.05, 4.69) is 20.4 Å². The standard InChI is InChI=1S/C20H21ClF4N4O4/c21-15-3-2-12(5-16(15)22)29-8-17(27-28-29)18-4-1-11(9-32-18)26-19(30)10-31-13-6-14(7-13)33-20(23,24)25/h2-3,5,8,11,13-14,18H,1,4,6-7,9-10H2,(H,26,30)/t11-,13-,14+,18+/m0/s1. The van der Waals surface area contributed by atoms with Crippen LogP contribution in [-0.4, -0.2) is 58.7 Å². The zero-order chi connectivity index (χ0) is 23.6. The second-order valence-electron chi connectivity index (χ2n) is 7.94. The summed E-state index contributed by atoms with van der Waals surface area (Å²) in [5.74, 6) is -0.924. The van der Waals surface area contributed by atoms with Crippen molar-refractivity contribution in [1.29, 1.82) is 0 Å². The molecule has 2 fully saturated rings. The maximum Gasteiger partial charge on any atom is 0.522 e. The van der Waals surface area contributed by atoms with Crippen LogP contribution in [0.1, 0.15) is 37.5 Å². The van der Waals surface area contributed by atoms with Crippen LogP contribution in [-0.2, 0) is 19.0 Å². The Balaban J connectivity index is 1.17. The Kier molecular flexibility index (Phi) is 7.17. The number of hydrogen-bond acceptors (Lipinski definition) is 6. The van der Waals surface area contributed by atoms with Gasteiger partial charge in [-0.2, -0.15) is 0 Å². The van der Waals surface area contributed by atoms with Crippen molar-refractivity contribution in [3.05, 3.63) is 40.9 Å². The zero-order valence-electron chi connectivity index (χ0n) is 17.2. The highest BCUT2D eigenvalue weighted by Gasteiger charge is 2.40. The second-order valence-corrected chi connectivity index (χ2v) is 8.35. The maximum atomic E-state index is 13.7. The van der Waals surface area contributed by atoms with Crippen molar-refractivity contribution < 1.29 is 36.6 Å². The third-order valence-corrected chi connectivity index (χ3v) is 5.76. The molecule has 1 amide bonds. The molecule has 13 heteroatoms. The summed E-state index contributed by atoms with van der Waals surface area (Å²) in [6.07, 6.45) is -3.26. The fourth-order valence-corrected chi connectivity index (χ4v) is 3.80. The average molecular weight is 493 g/mol. The molecule has 2 heterocycles. The first-order valence-corrected chi connectivity index (χ1v) is 10.7. The molecule has 2 aromatic rings. The molecule has 1 N–H and O–H groups in total. The zero-order valence-corrected chi connectivity index (χ0v) is 18.0. The molecule has 4 rings (SSSR count). The smallest absolute Gasteiger partial charge is 0.370 e. The van der Waals surface area contributed by atoms with Gasteiger partial charge in [-0.15, -0.1) is 18.3 Å². The Morgan fingerprint density at radius 3 is 2.73 bits per heavy atom. The lowest BCUT2D eigenvalue weighted by Crippen LogP contribution is -2.45. The normalized spacial score (nSPS) is 25.5. The van der Waals surface area contributed by atoms with Crippen molar-refractivity contribution in [3.63, 3.8) is 0 Å². The van der Waals surface area contributed by atoms with Gasteiger partial charge in [0.1, 0.15) is 24.2 Å². The molecule has 0 radical (unpaired) electrons. The number of halogens is 5. The van der Waals surface area contributed by atoms with Gasteiger partial charge in [-0.25, -0.2) is 9.07 Å². The second kappa shape index (κ2) is 9.92. The molecule has 2 atom stereocenters. The first-order chi connectivity index (χ1) is 15.7. The van der Waals surface area contributed by atoms with Crippen LogP contribution in [0.25, 0.3) is 5.69 Å². The van der Waals surface area contributed by atoms with E-state index >= 15 is 0 Å². The predicted molar refractivity (Wildman–Crippen MR) is 106 cm³/mol. The van der Waals surface area contributed by atoms with E-state index < -0.39 is 24.4 Å². The highest BCUT2D eigenvalue weighted by molar-refractivity contribution is 6.30. The number of nitrogens with zero attached hydrogens (tertiary/aromatic N) is 3. The van der Waals surface area contributed by atoms with E-state index in [0.29, 0.717) is 24.2 Å². The number of amides is 1. The van der Waals surface area contributed by atoms with Crippen molar-refractivity contribution in [2.45, 2.75) is 56.4 Å². The minimum atomic E-state index is -4.66. The van der Waals surface area contributed by atoms with Crippen LogP contribution in [0.15, 0.2) is 24.4 Å². The fourth-order valence-electron chi connectivity index (χ4n) is 3.68. The van der Waals surface area contributed by atoms with E-state index in [-0.39, 0.29) is 49.1 Å². The molecule has 180 valence electrons. The van der Waals surface area contributed by atoms with Crippen LogP contribution in [0.3, 0.4) is 0 Å². The lowest BCUT2D eigenvalue weighted by molar-refractivity contribution is -0.357. The number of alkyl halides is 3. The van der Waals surface area contributed by atoms with E-state index in [4.69, 9.17) is 21.1 Å². The molecule has 2 aliphatic rings. The molecule has 1 aromatic heterocycles. The first kappa shape index (κ1) is 23.9. The van der Waals surface area contributed by atoms with Gasteiger partial charge < -0.3 is 14.8 Å². The largest absolute Gasteiger partial charge is 0.522 e. The van der Waals surface area contributed by atoms with Crippen LogP contribution >= 0.6 is 11.6 Å². The van der Waals surface area contributed by atoms with Crippen molar-refractivity contribution >= 4 is 17.5 Å². The molecule has 1 aromatic carbocycles. The number of rotatable bonds is 7. The van der Waals surface area contributed by atoms with E-state index in [1.165, 1.54) is 16.8 Å². The summed E-state index contributed by atoms with van der Waals surface area (Å²) in [5, 5.41) is 10.9.